The third kappa shape index (κ3) is 20.5. The van der Waals surface area contributed by atoms with Crippen LogP contribution in [0.4, 0.5) is 0 Å². The minimum absolute atomic E-state index is 0.192. The first-order valence-corrected chi connectivity index (χ1v) is 11.2. The van der Waals surface area contributed by atoms with E-state index in [-0.39, 0.29) is 6.04 Å². The first-order chi connectivity index (χ1) is 7.72. The third-order valence-electron chi connectivity index (χ3n) is 2.29. The number of aliphatic hydroxyl groups excluding tert-OH is 1. The molecule has 0 bridgehead atoms. The Morgan fingerprint density at radius 1 is 1.00 bits per heavy atom. The summed E-state index contributed by atoms with van der Waals surface area (Å²) in [5.41, 5.74) is 11.1. The van der Waals surface area contributed by atoms with Crippen LogP contribution in [-0.4, -0.2) is 24.3 Å². The second-order valence-corrected chi connectivity index (χ2v) is 6.96. The molecule has 0 aliphatic heterocycles. The first-order valence-electron chi connectivity index (χ1n) is 5.61. The van der Waals surface area contributed by atoms with Crippen molar-refractivity contribution in [1.82, 2.24) is 0 Å². The fraction of sp³-hybridized carbons (Fsp3) is 1.00. The van der Waals surface area contributed by atoms with E-state index in [1.54, 1.807) is 0 Å². The number of unbranched alkanes of at least 4 members (excludes halogenated alkanes) is 5. The van der Waals surface area contributed by atoms with E-state index in [1.165, 1.54) is 25.7 Å². The Balaban J connectivity index is 0. The minimum atomic E-state index is -0.472. The molecule has 0 aromatic heterocycles. The molecule has 0 aliphatic carbocycles. The maximum atomic E-state index is 8.54. The van der Waals surface area contributed by atoms with Crippen molar-refractivity contribution in [2.24, 2.45) is 11.5 Å². The van der Waals surface area contributed by atoms with Crippen LogP contribution in [0.1, 0.15) is 44.9 Å². The molecule has 0 aliphatic rings. The summed E-state index contributed by atoms with van der Waals surface area (Å²) in [6, 6.07) is 0.192. The number of halogens is 2. The zero-order valence-electron chi connectivity index (χ0n) is 9.62. The second-order valence-electron chi connectivity index (χ2n) is 3.67. The van der Waals surface area contributed by atoms with Crippen LogP contribution < -0.4 is 11.5 Å². The van der Waals surface area contributed by atoms with Gasteiger partial charge in [0.15, 0.2) is 0 Å². The van der Waals surface area contributed by atoms with E-state index < -0.39 is 16.5 Å². The van der Waals surface area contributed by atoms with Gasteiger partial charge in [-0.1, -0.05) is 32.1 Å². The topological polar surface area (TPSA) is 72.3 Å². The molecule has 1 atom stereocenters. The molecule has 0 rings (SSSR count). The molecule has 0 saturated heterocycles. The first kappa shape index (κ1) is 19.5. The molecule has 104 valence electrons. The van der Waals surface area contributed by atoms with Gasteiger partial charge >= 0.3 is 35.3 Å². The van der Waals surface area contributed by atoms with Crippen LogP contribution in [0.2, 0.25) is 0 Å². The third-order valence-corrected chi connectivity index (χ3v) is 2.29. The van der Waals surface area contributed by atoms with Gasteiger partial charge in [-0.05, 0) is 12.8 Å². The van der Waals surface area contributed by atoms with E-state index in [9.17, 15) is 0 Å². The Morgan fingerprint density at radius 2 is 1.44 bits per heavy atom. The van der Waals surface area contributed by atoms with E-state index >= 15 is 0 Å². The zero-order valence-corrected chi connectivity index (χ0v) is 13.4. The van der Waals surface area contributed by atoms with Crippen molar-refractivity contribution in [3.05, 3.63) is 0 Å². The number of aliphatic hydroxyl groups is 1. The van der Waals surface area contributed by atoms with Gasteiger partial charge in [0.2, 0.25) is 0 Å². The van der Waals surface area contributed by atoms with Crippen LogP contribution in [0.3, 0.4) is 0 Å². The number of hydrogen-bond donors (Lipinski definition) is 3. The van der Waals surface area contributed by atoms with Gasteiger partial charge in [0.1, 0.15) is 0 Å². The van der Waals surface area contributed by atoms with Gasteiger partial charge in [-0.15, -0.1) is 0 Å². The van der Waals surface area contributed by atoms with E-state index in [0.29, 0.717) is 13.2 Å². The van der Waals surface area contributed by atoms with Gasteiger partial charge in [0.05, 0.1) is 0 Å². The SMILES string of the molecule is NCC(N)CCCCCCCCO.[Cl][Pt][Cl]. The number of hydrogen-bond acceptors (Lipinski definition) is 3. The monoisotopic (exact) mass is 453 g/mol. The van der Waals surface area contributed by atoms with Crippen LogP contribution in [-0.2, 0) is 16.5 Å². The summed E-state index contributed by atoms with van der Waals surface area (Å²) in [7, 11) is 9.75. The quantitative estimate of drug-likeness (QED) is 0.469. The van der Waals surface area contributed by atoms with Gasteiger partial charge in [-0.25, -0.2) is 0 Å². The summed E-state index contributed by atoms with van der Waals surface area (Å²) < 4.78 is 0. The van der Waals surface area contributed by atoms with E-state index in [1.807, 2.05) is 0 Å². The standard InChI is InChI=1S/C10H24N2O.2ClH.Pt/c11-9-10(12)7-5-3-1-2-4-6-8-13;;;/h10,13H,1-9,11-12H2;2*1H;/q;;;+2/p-2. The van der Waals surface area contributed by atoms with Crippen LogP contribution in [0, 0.1) is 0 Å². The summed E-state index contributed by atoms with van der Waals surface area (Å²) in [6.07, 6.45) is 8.09. The molecule has 6 heteroatoms. The Bertz CT molecular complexity index is 123. The predicted octanol–water partition coefficient (Wildman–Crippen LogP) is 2.37. The fourth-order valence-electron chi connectivity index (χ4n) is 1.34. The maximum absolute atomic E-state index is 8.54. The van der Waals surface area contributed by atoms with Crippen molar-refractivity contribution in [2.45, 2.75) is 51.0 Å². The van der Waals surface area contributed by atoms with Crippen molar-refractivity contribution in [1.29, 1.82) is 0 Å². The predicted molar refractivity (Wildman–Crippen MR) is 68.1 cm³/mol. The molecule has 0 spiro atoms. The van der Waals surface area contributed by atoms with Gasteiger partial charge in [0, 0.05) is 19.2 Å². The Hall–Kier alpha value is 1.15. The summed E-state index contributed by atoms with van der Waals surface area (Å²) in [6.45, 7) is 0.933. The molecule has 0 saturated carbocycles. The number of nitrogens with two attached hydrogens (primary N) is 2. The molecule has 5 N–H and O–H groups in total. The van der Waals surface area contributed by atoms with Gasteiger partial charge in [-0.2, -0.15) is 0 Å². The van der Waals surface area contributed by atoms with Crippen molar-refractivity contribution < 1.29 is 21.6 Å². The average molecular weight is 454 g/mol. The molecule has 3 nitrogen and oxygen atoms in total. The molecular formula is C10H24Cl2N2OPt. The summed E-state index contributed by atoms with van der Waals surface area (Å²) in [4.78, 5) is 0. The van der Waals surface area contributed by atoms with Crippen LogP contribution in [0.15, 0.2) is 0 Å². The molecule has 0 heterocycles. The molecule has 0 aromatic carbocycles. The van der Waals surface area contributed by atoms with E-state index in [4.69, 9.17) is 35.4 Å². The van der Waals surface area contributed by atoms with Crippen molar-refractivity contribution in [3.63, 3.8) is 0 Å². The Morgan fingerprint density at radius 3 is 1.88 bits per heavy atom. The Labute approximate surface area is 116 Å². The summed E-state index contributed by atoms with van der Waals surface area (Å²) in [5, 5.41) is 8.54. The molecular weight excluding hydrogens is 430 g/mol. The fourth-order valence-corrected chi connectivity index (χ4v) is 1.34. The van der Waals surface area contributed by atoms with Crippen LogP contribution in [0.5, 0.6) is 0 Å². The molecule has 0 aromatic rings. The van der Waals surface area contributed by atoms with Crippen molar-refractivity contribution in [3.8, 4) is 0 Å². The second kappa shape index (κ2) is 18.5. The van der Waals surface area contributed by atoms with Gasteiger partial charge < -0.3 is 16.6 Å². The van der Waals surface area contributed by atoms with Crippen molar-refractivity contribution >= 4 is 18.8 Å². The molecule has 1 unspecified atom stereocenters. The van der Waals surface area contributed by atoms with Gasteiger partial charge in [-0.3, -0.25) is 0 Å². The van der Waals surface area contributed by atoms with Crippen molar-refractivity contribution in [2.75, 3.05) is 13.2 Å². The summed E-state index contributed by atoms with van der Waals surface area (Å²) in [5.74, 6) is 0. The van der Waals surface area contributed by atoms with Gasteiger partial charge in [0.25, 0.3) is 0 Å². The normalized spacial score (nSPS) is 12.1. The molecule has 0 amide bonds. The van der Waals surface area contributed by atoms with E-state index in [0.717, 1.165) is 19.3 Å². The molecule has 0 radical (unpaired) electrons. The molecule has 0 fully saturated rings. The summed E-state index contributed by atoms with van der Waals surface area (Å²) >= 11 is -0.472. The average Bonchev–Trinajstić information content (AvgIpc) is 2.28. The number of rotatable bonds is 9. The molecule has 16 heavy (non-hydrogen) atoms. The van der Waals surface area contributed by atoms with Crippen LogP contribution in [0.25, 0.3) is 0 Å². The zero-order chi connectivity index (χ0) is 12.6. The van der Waals surface area contributed by atoms with E-state index in [2.05, 4.69) is 0 Å². The Kier molecular flexibility index (Phi) is 22.5. The van der Waals surface area contributed by atoms with Crippen LogP contribution >= 0.6 is 18.8 Å².